The standard InChI is InChI=1S/C22H23BrN6S/c23-21-26-18-19(24)27-22(30-15-5-9-16-6-2-1-3-7-16)28-20(18)29(21)14-4-8-17-10-12-25-13-11-17/h1-3,6-7,10-13H,4-5,8-9,14-15H2,(H2,24,27,28). The molecule has 4 rings (SSSR count). The number of nitrogen functional groups attached to an aromatic ring is 1. The Morgan fingerprint density at radius 2 is 1.63 bits per heavy atom. The molecule has 0 aliphatic rings. The third-order valence-electron chi connectivity index (χ3n) is 4.83. The second-order valence-electron chi connectivity index (χ2n) is 6.99. The summed E-state index contributed by atoms with van der Waals surface area (Å²) in [5.41, 5.74) is 10.2. The summed E-state index contributed by atoms with van der Waals surface area (Å²) in [4.78, 5) is 17.8. The minimum Gasteiger partial charge on any atom is -0.382 e. The first-order valence-electron chi connectivity index (χ1n) is 9.95. The van der Waals surface area contributed by atoms with Gasteiger partial charge in [-0.05, 0) is 64.9 Å². The number of nitrogens with two attached hydrogens (primary N) is 1. The number of halogens is 1. The Morgan fingerprint density at radius 3 is 2.43 bits per heavy atom. The SMILES string of the molecule is Nc1nc(SCCCc2ccccc2)nc2c1nc(Br)n2CCCc1ccncc1. The summed E-state index contributed by atoms with van der Waals surface area (Å²) in [7, 11) is 0. The van der Waals surface area contributed by atoms with Crippen LogP contribution in [0.2, 0.25) is 0 Å². The molecule has 0 bridgehead atoms. The van der Waals surface area contributed by atoms with E-state index in [9.17, 15) is 0 Å². The van der Waals surface area contributed by atoms with Crippen molar-refractivity contribution in [3.05, 3.63) is 70.7 Å². The minimum atomic E-state index is 0.430. The summed E-state index contributed by atoms with van der Waals surface area (Å²) < 4.78 is 2.81. The van der Waals surface area contributed by atoms with Crippen molar-refractivity contribution in [3.8, 4) is 0 Å². The molecule has 0 spiro atoms. The van der Waals surface area contributed by atoms with Gasteiger partial charge in [0.2, 0.25) is 0 Å². The van der Waals surface area contributed by atoms with Crippen molar-refractivity contribution in [3.63, 3.8) is 0 Å². The summed E-state index contributed by atoms with van der Waals surface area (Å²) >= 11 is 5.20. The number of thioether (sulfide) groups is 1. The van der Waals surface area contributed by atoms with Crippen LogP contribution in [-0.4, -0.2) is 30.3 Å². The number of pyridine rings is 1. The van der Waals surface area contributed by atoms with Gasteiger partial charge >= 0.3 is 0 Å². The molecular weight excluding hydrogens is 460 g/mol. The number of imidazole rings is 1. The first kappa shape index (κ1) is 20.8. The summed E-state index contributed by atoms with van der Waals surface area (Å²) in [5, 5.41) is 0.704. The van der Waals surface area contributed by atoms with Crippen molar-refractivity contribution in [1.82, 2.24) is 24.5 Å². The van der Waals surface area contributed by atoms with Crippen LogP contribution >= 0.6 is 27.7 Å². The van der Waals surface area contributed by atoms with Crippen molar-refractivity contribution in [2.75, 3.05) is 11.5 Å². The highest BCUT2D eigenvalue weighted by Crippen LogP contribution is 2.26. The van der Waals surface area contributed by atoms with Gasteiger partial charge in [-0.25, -0.2) is 15.0 Å². The van der Waals surface area contributed by atoms with E-state index in [-0.39, 0.29) is 0 Å². The molecule has 30 heavy (non-hydrogen) atoms. The van der Waals surface area contributed by atoms with Gasteiger partial charge in [0.25, 0.3) is 0 Å². The van der Waals surface area contributed by atoms with Crippen molar-refractivity contribution in [1.29, 1.82) is 0 Å². The Labute approximate surface area is 188 Å². The van der Waals surface area contributed by atoms with Crippen molar-refractivity contribution < 1.29 is 0 Å². The van der Waals surface area contributed by atoms with Crippen LogP contribution in [0.3, 0.4) is 0 Å². The van der Waals surface area contributed by atoms with Crippen LogP contribution in [0.1, 0.15) is 24.0 Å². The van der Waals surface area contributed by atoms with Crippen molar-refractivity contribution in [2.45, 2.75) is 37.4 Å². The van der Waals surface area contributed by atoms with Gasteiger partial charge in [-0.15, -0.1) is 0 Å². The monoisotopic (exact) mass is 482 g/mol. The van der Waals surface area contributed by atoms with Crippen LogP contribution in [-0.2, 0) is 19.4 Å². The molecule has 0 fully saturated rings. The minimum absolute atomic E-state index is 0.430. The Kier molecular flexibility index (Phi) is 6.96. The topological polar surface area (TPSA) is 82.5 Å². The van der Waals surface area contributed by atoms with E-state index in [1.807, 2.05) is 30.6 Å². The number of benzene rings is 1. The van der Waals surface area contributed by atoms with Gasteiger partial charge in [0.1, 0.15) is 0 Å². The normalized spacial score (nSPS) is 11.2. The maximum atomic E-state index is 6.19. The summed E-state index contributed by atoms with van der Waals surface area (Å²) in [6.07, 6.45) is 7.70. The number of anilines is 1. The average molecular weight is 483 g/mol. The molecule has 0 saturated heterocycles. The lowest BCUT2D eigenvalue weighted by Crippen LogP contribution is -2.04. The maximum Gasteiger partial charge on any atom is 0.191 e. The van der Waals surface area contributed by atoms with Gasteiger partial charge < -0.3 is 10.3 Å². The number of fused-ring (bicyclic) bond motifs is 1. The molecule has 0 aliphatic carbocycles. The third-order valence-corrected chi connectivity index (χ3v) is 6.37. The molecule has 0 radical (unpaired) electrons. The molecule has 0 unspecified atom stereocenters. The third kappa shape index (κ3) is 5.17. The van der Waals surface area contributed by atoms with E-state index in [0.29, 0.717) is 16.5 Å². The number of rotatable bonds is 9. The van der Waals surface area contributed by atoms with Gasteiger partial charge in [-0.2, -0.15) is 0 Å². The number of aromatic nitrogens is 5. The highest BCUT2D eigenvalue weighted by molar-refractivity contribution is 9.10. The number of aryl methyl sites for hydroxylation is 3. The summed E-state index contributed by atoms with van der Waals surface area (Å²) in [6.45, 7) is 0.800. The van der Waals surface area contributed by atoms with E-state index in [1.54, 1.807) is 11.8 Å². The average Bonchev–Trinajstić information content (AvgIpc) is 3.09. The van der Waals surface area contributed by atoms with Crippen LogP contribution < -0.4 is 5.73 Å². The molecule has 0 amide bonds. The molecule has 3 heterocycles. The zero-order valence-corrected chi connectivity index (χ0v) is 18.9. The van der Waals surface area contributed by atoms with E-state index in [0.717, 1.165) is 48.4 Å². The smallest absolute Gasteiger partial charge is 0.191 e. The molecule has 2 N–H and O–H groups in total. The Bertz CT molecular complexity index is 1100. The van der Waals surface area contributed by atoms with Gasteiger partial charge in [0.05, 0.1) is 0 Å². The molecule has 154 valence electrons. The van der Waals surface area contributed by atoms with Crippen LogP contribution in [0.5, 0.6) is 0 Å². The van der Waals surface area contributed by atoms with Crippen molar-refractivity contribution >= 4 is 44.7 Å². The Balaban J connectivity index is 1.41. The molecule has 0 aliphatic heterocycles. The molecule has 0 atom stereocenters. The quantitative estimate of drug-likeness (QED) is 0.157. The lowest BCUT2D eigenvalue weighted by atomic mass is 10.1. The second-order valence-corrected chi connectivity index (χ2v) is 8.76. The van der Waals surface area contributed by atoms with Crippen LogP contribution in [0.4, 0.5) is 5.82 Å². The Morgan fingerprint density at radius 1 is 0.900 bits per heavy atom. The molecule has 8 heteroatoms. The Hall–Kier alpha value is -2.45. The lowest BCUT2D eigenvalue weighted by Gasteiger charge is -2.07. The van der Waals surface area contributed by atoms with E-state index in [4.69, 9.17) is 10.7 Å². The molecule has 3 aromatic heterocycles. The van der Waals surface area contributed by atoms with Gasteiger partial charge in [0.15, 0.2) is 26.9 Å². The fourth-order valence-corrected chi connectivity index (χ4v) is 4.62. The highest BCUT2D eigenvalue weighted by atomic mass is 79.9. The van der Waals surface area contributed by atoms with Gasteiger partial charge in [0, 0.05) is 24.7 Å². The largest absolute Gasteiger partial charge is 0.382 e. The molecule has 1 aromatic carbocycles. The fourth-order valence-electron chi connectivity index (χ4n) is 3.31. The second kappa shape index (κ2) is 10.0. The number of hydrogen-bond donors (Lipinski definition) is 1. The van der Waals surface area contributed by atoms with Crippen LogP contribution in [0.15, 0.2) is 64.7 Å². The van der Waals surface area contributed by atoms with E-state index >= 15 is 0 Å². The predicted octanol–water partition coefficient (Wildman–Crippen LogP) is 4.92. The lowest BCUT2D eigenvalue weighted by molar-refractivity contribution is 0.639. The zero-order valence-electron chi connectivity index (χ0n) is 16.5. The maximum absolute atomic E-state index is 6.19. The summed E-state index contributed by atoms with van der Waals surface area (Å²) in [6, 6.07) is 14.6. The van der Waals surface area contributed by atoms with Crippen LogP contribution in [0, 0.1) is 0 Å². The van der Waals surface area contributed by atoms with Crippen molar-refractivity contribution in [2.24, 2.45) is 0 Å². The first-order valence-corrected chi connectivity index (χ1v) is 11.7. The molecular formula is C22H23BrN6S. The predicted molar refractivity (Wildman–Crippen MR) is 125 cm³/mol. The molecule has 6 nitrogen and oxygen atoms in total. The van der Waals surface area contributed by atoms with Gasteiger partial charge in [-0.1, -0.05) is 42.1 Å². The fraction of sp³-hybridized carbons (Fsp3) is 0.273. The van der Waals surface area contributed by atoms with E-state index in [1.165, 1.54) is 11.1 Å². The molecule has 0 saturated carbocycles. The van der Waals surface area contributed by atoms with Crippen LogP contribution in [0.25, 0.3) is 11.2 Å². The van der Waals surface area contributed by atoms with E-state index in [2.05, 4.69) is 59.7 Å². The first-order chi connectivity index (χ1) is 14.7. The van der Waals surface area contributed by atoms with Gasteiger partial charge in [-0.3, -0.25) is 4.98 Å². The van der Waals surface area contributed by atoms with E-state index < -0.39 is 0 Å². The summed E-state index contributed by atoms with van der Waals surface area (Å²) in [5.74, 6) is 1.37. The zero-order chi connectivity index (χ0) is 20.8. The number of hydrogen-bond acceptors (Lipinski definition) is 6. The molecule has 4 aromatic rings. The highest BCUT2D eigenvalue weighted by Gasteiger charge is 2.15. The number of nitrogens with zero attached hydrogens (tertiary/aromatic N) is 5.